The fraction of sp³-hybridized carbons (Fsp3) is 0.385. The van der Waals surface area contributed by atoms with Gasteiger partial charge >= 0.3 is 0 Å². The van der Waals surface area contributed by atoms with Crippen LogP contribution in [0.15, 0.2) is 22.7 Å². The fourth-order valence-electron chi connectivity index (χ4n) is 1.61. The lowest BCUT2D eigenvalue weighted by Gasteiger charge is -2.02. The Morgan fingerprint density at radius 2 is 2.20 bits per heavy atom. The summed E-state index contributed by atoms with van der Waals surface area (Å²) in [5.41, 5.74) is 0.634. The number of hydrogen-bond acceptors (Lipinski definition) is 6. The van der Waals surface area contributed by atoms with E-state index in [1.54, 1.807) is 13.2 Å². The number of nitrogens with zero attached hydrogens (tertiary/aromatic N) is 2. The molecule has 2 rings (SSSR count). The molecular formula is C13H16FN3O3. The Balaban J connectivity index is 2.04. The largest absolute Gasteiger partial charge is 0.494 e. The molecule has 6 nitrogen and oxygen atoms in total. The maximum Gasteiger partial charge on any atom is 0.240 e. The molecule has 1 aromatic carbocycles. The van der Waals surface area contributed by atoms with Gasteiger partial charge in [-0.25, -0.2) is 4.39 Å². The van der Waals surface area contributed by atoms with Crippen LogP contribution in [0.1, 0.15) is 5.89 Å². The van der Waals surface area contributed by atoms with Crippen LogP contribution in [0, 0.1) is 5.82 Å². The summed E-state index contributed by atoms with van der Waals surface area (Å²) in [4.78, 5) is 4.22. The molecule has 0 radical (unpaired) electrons. The van der Waals surface area contributed by atoms with E-state index in [2.05, 4.69) is 15.5 Å². The zero-order valence-corrected chi connectivity index (χ0v) is 11.4. The van der Waals surface area contributed by atoms with Crippen molar-refractivity contribution < 1.29 is 18.4 Å². The molecule has 0 aliphatic heterocycles. The van der Waals surface area contributed by atoms with Crippen LogP contribution >= 0.6 is 0 Å². The standard InChI is InChI=1S/C13H16FN3O3/c1-18-6-5-15-8-12-16-13(17-20-12)9-3-4-10(14)11(7-9)19-2/h3-4,7,15H,5-6,8H2,1-2H3. The molecule has 0 bridgehead atoms. The number of methoxy groups -OCH3 is 2. The van der Waals surface area contributed by atoms with Gasteiger partial charge in [0.2, 0.25) is 11.7 Å². The van der Waals surface area contributed by atoms with Crippen LogP contribution in [0.4, 0.5) is 4.39 Å². The van der Waals surface area contributed by atoms with E-state index in [1.807, 2.05) is 0 Å². The molecule has 0 aliphatic rings. The van der Waals surface area contributed by atoms with Crippen molar-refractivity contribution in [2.45, 2.75) is 6.54 Å². The molecule has 108 valence electrons. The summed E-state index contributed by atoms with van der Waals surface area (Å²) in [5.74, 6) is 0.569. The summed E-state index contributed by atoms with van der Waals surface area (Å²) < 4.78 is 28.3. The molecule has 0 unspecified atom stereocenters. The fourth-order valence-corrected chi connectivity index (χ4v) is 1.61. The normalized spacial score (nSPS) is 10.8. The number of hydrogen-bond donors (Lipinski definition) is 1. The van der Waals surface area contributed by atoms with Crippen LogP contribution in [0.3, 0.4) is 0 Å². The van der Waals surface area contributed by atoms with Gasteiger partial charge in [-0.1, -0.05) is 5.16 Å². The van der Waals surface area contributed by atoms with Gasteiger partial charge in [0.05, 0.1) is 20.3 Å². The van der Waals surface area contributed by atoms with E-state index in [4.69, 9.17) is 14.0 Å². The summed E-state index contributed by atoms with van der Waals surface area (Å²) in [6, 6.07) is 4.41. The van der Waals surface area contributed by atoms with E-state index < -0.39 is 5.82 Å². The summed E-state index contributed by atoms with van der Waals surface area (Å²) in [6.07, 6.45) is 0. The predicted octanol–water partition coefficient (Wildman–Crippen LogP) is 1.62. The maximum absolute atomic E-state index is 13.3. The Hall–Kier alpha value is -1.99. The third-order valence-electron chi connectivity index (χ3n) is 2.64. The number of benzene rings is 1. The van der Waals surface area contributed by atoms with Gasteiger partial charge in [0.15, 0.2) is 11.6 Å². The molecule has 0 atom stereocenters. The number of halogens is 1. The van der Waals surface area contributed by atoms with Crippen molar-refractivity contribution in [2.24, 2.45) is 0 Å². The lowest BCUT2D eigenvalue weighted by Crippen LogP contribution is -2.18. The molecule has 0 saturated heterocycles. The van der Waals surface area contributed by atoms with Gasteiger partial charge in [0, 0.05) is 19.2 Å². The summed E-state index contributed by atoms with van der Waals surface area (Å²) in [5, 5.41) is 6.95. The van der Waals surface area contributed by atoms with E-state index in [0.29, 0.717) is 37.0 Å². The van der Waals surface area contributed by atoms with E-state index in [-0.39, 0.29) is 5.75 Å². The van der Waals surface area contributed by atoms with Crippen LogP contribution in [0.5, 0.6) is 5.75 Å². The van der Waals surface area contributed by atoms with Gasteiger partial charge < -0.3 is 19.3 Å². The van der Waals surface area contributed by atoms with Gasteiger partial charge in [-0.2, -0.15) is 4.98 Å². The highest BCUT2D eigenvalue weighted by Gasteiger charge is 2.11. The van der Waals surface area contributed by atoms with Crippen molar-refractivity contribution in [3.05, 3.63) is 29.9 Å². The van der Waals surface area contributed by atoms with E-state index in [1.165, 1.54) is 19.2 Å². The van der Waals surface area contributed by atoms with Gasteiger partial charge in [-0.15, -0.1) is 0 Å². The first kappa shape index (κ1) is 14.4. The average Bonchev–Trinajstić information content (AvgIpc) is 2.93. The summed E-state index contributed by atoms with van der Waals surface area (Å²) >= 11 is 0. The lowest BCUT2D eigenvalue weighted by atomic mass is 10.2. The smallest absolute Gasteiger partial charge is 0.240 e. The maximum atomic E-state index is 13.3. The molecule has 1 N–H and O–H groups in total. The summed E-state index contributed by atoms with van der Waals surface area (Å²) in [7, 11) is 3.04. The van der Waals surface area contributed by atoms with Crippen LogP contribution in [0.2, 0.25) is 0 Å². The molecule has 7 heteroatoms. The van der Waals surface area contributed by atoms with Gasteiger partial charge in [0.1, 0.15) is 0 Å². The predicted molar refractivity (Wildman–Crippen MR) is 69.8 cm³/mol. The minimum atomic E-state index is -0.429. The first-order chi connectivity index (χ1) is 9.74. The van der Waals surface area contributed by atoms with E-state index in [9.17, 15) is 4.39 Å². The topological polar surface area (TPSA) is 69.4 Å². The van der Waals surface area contributed by atoms with Crippen molar-refractivity contribution in [3.63, 3.8) is 0 Å². The number of rotatable bonds is 7. The number of nitrogens with one attached hydrogen (secondary N) is 1. The highest BCUT2D eigenvalue weighted by atomic mass is 19.1. The Labute approximate surface area is 115 Å². The van der Waals surface area contributed by atoms with Gasteiger partial charge in [-0.3, -0.25) is 0 Å². The monoisotopic (exact) mass is 281 g/mol. The molecule has 0 amide bonds. The van der Waals surface area contributed by atoms with Crippen LogP contribution < -0.4 is 10.1 Å². The van der Waals surface area contributed by atoms with Crippen LogP contribution in [-0.4, -0.2) is 37.5 Å². The van der Waals surface area contributed by atoms with Crippen LogP contribution in [-0.2, 0) is 11.3 Å². The minimum Gasteiger partial charge on any atom is -0.494 e. The van der Waals surface area contributed by atoms with Crippen molar-refractivity contribution in [2.75, 3.05) is 27.4 Å². The highest BCUT2D eigenvalue weighted by molar-refractivity contribution is 5.57. The summed E-state index contributed by atoms with van der Waals surface area (Å²) in [6.45, 7) is 1.75. The second-order valence-corrected chi connectivity index (χ2v) is 4.03. The van der Waals surface area contributed by atoms with Crippen molar-refractivity contribution in [1.29, 1.82) is 0 Å². The molecule has 0 spiro atoms. The Morgan fingerprint density at radius 3 is 2.95 bits per heavy atom. The van der Waals surface area contributed by atoms with Gasteiger partial charge in [-0.05, 0) is 18.2 Å². The zero-order valence-electron chi connectivity index (χ0n) is 11.4. The third kappa shape index (κ3) is 3.52. The third-order valence-corrected chi connectivity index (χ3v) is 2.64. The molecule has 0 aliphatic carbocycles. The van der Waals surface area contributed by atoms with Gasteiger partial charge in [0.25, 0.3) is 0 Å². The second kappa shape index (κ2) is 6.97. The quantitative estimate of drug-likeness (QED) is 0.778. The van der Waals surface area contributed by atoms with E-state index in [0.717, 1.165) is 0 Å². The van der Waals surface area contributed by atoms with Crippen molar-refractivity contribution >= 4 is 0 Å². The SMILES string of the molecule is COCCNCc1nc(-c2ccc(F)c(OC)c2)no1. The average molecular weight is 281 g/mol. The number of aromatic nitrogens is 2. The Kier molecular flexibility index (Phi) is 5.03. The molecule has 1 aromatic heterocycles. The minimum absolute atomic E-state index is 0.145. The molecule has 0 saturated carbocycles. The Bertz CT molecular complexity index is 560. The first-order valence-electron chi connectivity index (χ1n) is 6.10. The zero-order chi connectivity index (χ0) is 14.4. The van der Waals surface area contributed by atoms with Crippen LogP contribution in [0.25, 0.3) is 11.4 Å². The molecule has 20 heavy (non-hydrogen) atoms. The Morgan fingerprint density at radius 1 is 1.35 bits per heavy atom. The first-order valence-corrected chi connectivity index (χ1v) is 6.10. The molecule has 1 heterocycles. The molecule has 0 fully saturated rings. The lowest BCUT2D eigenvalue weighted by molar-refractivity contribution is 0.197. The molecular weight excluding hydrogens is 265 g/mol. The van der Waals surface area contributed by atoms with Crippen molar-refractivity contribution in [1.82, 2.24) is 15.5 Å². The highest BCUT2D eigenvalue weighted by Crippen LogP contribution is 2.24. The number of ether oxygens (including phenoxy) is 2. The molecule has 2 aromatic rings. The van der Waals surface area contributed by atoms with E-state index >= 15 is 0 Å². The second-order valence-electron chi connectivity index (χ2n) is 4.03. The van der Waals surface area contributed by atoms with Crippen molar-refractivity contribution in [3.8, 4) is 17.1 Å².